The Bertz CT molecular complexity index is 1330. The van der Waals surface area contributed by atoms with Crippen molar-refractivity contribution in [1.82, 2.24) is 25.1 Å². The predicted molar refractivity (Wildman–Crippen MR) is 117 cm³/mol. The number of fused-ring (bicyclic) bond motifs is 1. The zero-order chi connectivity index (χ0) is 22.4. The van der Waals surface area contributed by atoms with E-state index in [9.17, 15) is 4.39 Å². The van der Waals surface area contributed by atoms with Gasteiger partial charge in [0.25, 0.3) is 0 Å². The molecular weight excluding hydrogens is 435 g/mol. The third-order valence-corrected chi connectivity index (χ3v) is 5.66. The highest BCUT2D eigenvalue weighted by atomic mass is 35.5. The van der Waals surface area contributed by atoms with Crippen LogP contribution in [0.15, 0.2) is 28.8 Å². The summed E-state index contributed by atoms with van der Waals surface area (Å²) >= 11 is 5.96. The molecule has 3 aromatic heterocycles. The van der Waals surface area contributed by atoms with E-state index >= 15 is 0 Å². The van der Waals surface area contributed by atoms with Crippen LogP contribution in [0.3, 0.4) is 0 Å². The molecule has 0 spiro atoms. The standard InChI is InChI=1S/C22H20ClFN6O2/c1-11-8-17(32-29-11)18-10-30(6-7-31-18)22-27-19(15-5-4-14(23)9-16(15)24)20-21(28-22)26-13(3)12(2)25-20/h4-5,8-9,18H,6-7,10H2,1-3H3. The van der Waals surface area contributed by atoms with Crippen molar-refractivity contribution in [3.05, 3.63) is 57.9 Å². The number of ether oxygens (including phenoxy) is 1. The number of rotatable bonds is 3. The van der Waals surface area contributed by atoms with Gasteiger partial charge in [-0.15, -0.1) is 0 Å². The fourth-order valence-electron chi connectivity index (χ4n) is 3.65. The molecule has 0 bridgehead atoms. The van der Waals surface area contributed by atoms with E-state index in [1.54, 1.807) is 12.1 Å². The smallest absolute Gasteiger partial charge is 0.228 e. The number of halogens is 2. The van der Waals surface area contributed by atoms with E-state index in [2.05, 4.69) is 20.1 Å². The van der Waals surface area contributed by atoms with E-state index in [4.69, 9.17) is 25.8 Å². The van der Waals surface area contributed by atoms with Crippen molar-refractivity contribution < 1.29 is 13.7 Å². The van der Waals surface area contributed by atoms with Crippen LogP contribution in [-0.2, 0) is 4.74 Å². The second-order valence-corrected chi connectivity index (χ2v) is 8.18. The summed E-state index contributed by atoms with van der Waals surface area (Å²) in [4.78, 5) is 20.6. The van der Waals surface area contributed by atoms with Crippen molar-refractivity contribution >= 4 is 28.7 Å². The van der Waals surface area contributed by atoms with Gasteiger partial charge in [0.05, 0.1) is 30.2 Å². The fraction of sp³-hybridized carbons (Fsp3) is 0.318. The Hall–Kier alpha value is -3.17. The first-order chi connectivity index (χ1) is 15.4. The van der Waals surface area contributed by atoms with Crippen LogP contribution in [-0.4, -0.2) is 44.8 Å². The highest BCUT2D eigenvalue weighted by Crippen LogP contribution is 2.32. The van der Waals surface area contributed by atoms with Crippen molar-refractivity contribution in [2.45, 2.75) is 26.9 Å². The second kappa shape index (κ2) is 8.07. The van der Waals surface area contributed by atoms with Gasteiger partial charge in [-0.25, -0.2) is 19.3 Å². The lowest BCUT2D eigenvalue weighted by molar-refractivity contribution is 0.0215. The molecule has 1 atom stereocenters. The van der Waals surface area contributed by atoms with Gasteiger partial charge in [0.2, 0.25) is 5.95 Å². The van der Waals surface area contributed by atoms with Gasteiger partial charge in [0.15, 0.2) is 11.4 Å². The van der Waals surface area contributed by atoms with Gasteiger partial charge in [-0.3, -0.25) is 0 Å². The van der Waals surface area contributed by atoms with Crippen LogP contribution in [0.2, 0.25) is 5.02 Å². The van der Waals surface area contributed by atoms with Crippen LogP contribution in [0.5, 0.6) is 0 Å². The maximum atomic E-state index is 14.9. The largest absolute Gasteiger partial charge is 0.366 e. The van der Waals surface area contributed by atoms with E-state index < -0.39 is 5.82 Å². The Kier molecular flexibility index (Phi) is 5.22. The molecule has 10 heteroatoms. The molecule has 0 aliphatic carbocycles. The third kappa shape index (κ3) is 3.78. The summed E-state index contributed by atoms with van der Waals surface area (Å²) in [6, 6.07) is 6.33. The summed E-state index contributed by atoms with van der Waals surface area (Å²) in [5.41, 5.74) is 3.77. The first-order valence-corrected chi connectivity index (χ1v) is 10.5. The summed E-state index contributed by atoms with van der Waals surface area (Å²) in [6.07, 6.45) is -0.314. The summed E-state index contributed by atoms with van der Waals surface area (Å²) in [7, 11) is 0. The van der Waals surface area contributed by atoms with Gasteiger partial charge in [-0.05, 0) is 39.0 Å². The molecule has 8 nitrogen and oxygen atoms in total. The molecule has 1 saturated heterocycles. The van der Waals surface area contributed by atoms with Crippen molar-refractivity contribution in [3.63, 3.8) is 0 Å². The van der Waals surface area contributed by atoms with Crippen molar-refractivity contribution in [2.24, 2.45) is 0 Å². The van der Waals surface area contributed by atoms with Crippen LogP contribution in [0.1, 0.15) is 28.9 Å². The number of hydrogen-bond acceptors (Lipinski definition) is 8. The van der Waals surface area contributed by atoms with Crippen molar-refractivity contribution in [1.29, 1.82) is 0 Å². The summed E-state index contributed by atoms with van der Waals surface area (Å²) < 4.78 is 26.1. The van der Waals surface area contributed by atoms with Crippen LogP contribution in [0.25, 0.3) is 22.4 Å². The van der Waals surface area contributed by atoms with Crippen LogP contribution in [0, 0.1) is 26.6 Å². The van der Waals surface area contributed by atoms with Gasteiger partial charge in [0.1, 0.15) is 23.1 Å². The summed E-state index contributed by atoms with van der Waals surface area (Å²) in [5.74, 6) is 0.577. The Morgan fingerprint density at radius 1 is 1.06 bits per heavy atom. The monoisotopic (exact) mass is 454 g/mol. The number of aryl methyl sites for hydroxylation is 3. The maximum absolute atomic E-state index is 14.9. The van der Waals surface area contributed by atoms with Gasteiger partial charge in [-0.1, -0.05) is 16.8 Å². The highest BCUT2D eigenvalue weighted by Gasteiger charge is 2.28. The molecule has 0 amide bonds. The molecule has 1 fully saturated rings. The van der Waals surface area contributed by atoms with Gasteiger partial charge < -0.3 is 14.2 Å². The molecule has 1 aliphatic rings. The van der Waals surface area contributed by atoms with Gasteiger partial charge in [0, 0.05) is 23.2 Å². The predicted octanol–water partition coefficient (Wildman–Crippen LogP) is 4.37. The minimum atomic E-state index is -0.486. The van der Waals surface area contributed by atoms with Crippen LogP contribution >= 0.6 is 11.6 Å². The topological polar surface area (TPSA) is 90.1 Å². The lowest BCUT2D eigenvalue weighted by Crippen LogP contribution is -2.39. The molecule has 1 aliphatic heterocycles. The number of anilines is 1. The molecule has 164 valence electrons. The number of morpholine rings is 1. The zero-order valence-corrected chi connectivity index (χ0v) is 18.5. The molecule has 1 aromatic carbocycles. The number of aromatic nitrogens is 5. The van der Waals surface area contributed by atoms with Crippen molar-refractivity contribution in [3.8, 4) is 11.3 Å². The molecule has 1 unspecified atom stereocenters. The lowest BCUT2D eigenvalue weighted by atomic mass is 10.1. The van der Waals surface area contributed by atoms with Gasteiger partial charge in [-0.2, -0.15) is 4.98 Å². The average Bonchev–Trinajstić information content (AvgIpc) is 3.21. The number of hydrogen-bond donors (Lipinski definition) is 0. The Balaban J connectivity index is 1.62. The minimum Gasteiger partial charge on any atom is -0.366 e. The molecule has 0 N–H and O–H groups in total. The fourth-order valence-corrected chi connectivity index (χ4v) is 3.81. The second-order valence-electron chi connectivity index (χ2n) is 7.74. The molecule has 0 radical (unpaired) electrons. The first-order valence-electron chi connectivity index (χ1n) is 10.2. The number of nitrogens with zero attached hydrogens (tertiary/aromatic N) is 6. The van der Waals surface area contributed by atoms with E-state index in [1.165, 1.54) is 6.07 Å². The third-order valence-electron chi connectivity index (χ3n) is 5.43. The van der Waals surface area contributed by atoms with Crippen molar-refractivity contribution in [2.75, 3.05) is 24.6 Å². The summed E-state index contributed by atoms with van der Waals surface area (Å²) in [5, 5.41) is 4.25. The van der Waals surface area contributed by atoms with E-state index in [1.807, 2.05) is 31.7 Å². The Morgan fingerprint density at radius 2 is 1.88 bits per heavy atom. The number of benzene rings is 1. The summed E-state index contributed by atoms with van der Waals surface area (Å²) in [6.45, 7) is 7.05. The Labute approximate surface area is 188 Å². The van der Waals surface area contributed by atoms with Gasteiger partial charge >= 0.3 is 0 Å². The normalized spacial score (nSPS) is 16.7. The van der Waals surface area contributed by atoms with Crippen LogP contribution < -0.4 is 4.90 Å². The molecule has 5 rings (SSSR count). The molecule has 0 saturated carbocycles. The Morgan fingerprint density at radius 3 is 2.62 bits per heavy atom. The molecule has 4 heterocycles. The quantitative estimate of drug-likeness (QED) is 0.450. The minimum absolute atomic E-state index is 0.288. The lowest BCUT2D eigenvalue weighted by Gasteiger charge is -2.32. The zero-order valence-electron chi connectivity index (χ0n) is 17.8. The first kappa shape index (κ1) is 20.7. The van der Waals surface area contributed by atoms with E-state index in [0.29, 0.717) is 53.3 Å². The van der Waals surface area contributed by atoms with Crippen LogP contribution in [0.4, 0.5) is 10.3 Å². The molecular formula is C22H20ClFN6O2. The van der Waals surface area contributed by atoms with E-state index in [-0.39, 0.29) is 11.7 Å². The maximum Gasteiger partial charge on any atom is 0.228 e. The highest BCUT2D eigenvalue weighted by molar-refractivity contribution is 6.30. The molecule has 32 heavy (non-hydrogen) atoms. The molecule has 4 aromatic rings. The SMILES string of the molecule is Cc1cc(C2CN(c3nc(-c4ccc(Cl)cc4F)c4nc(C)c(C)nc4n3)CCO2)on1. The average molecular weight is 455 g/mol. The van der Waals surface area contributed by atoms with E-state index in [0.717, 1.165) is 17.1 Å².